The Morgan fingerprint density at radius 2 is 1.56 bits per heavy atom. The molecule has 12 nitrogen and oxygen atoms in total. The lowest BCUT2D eigenvalue weighted by Crippen LogP contribution is -2.55. The first-order valence-corrected chi connectivity index (χ1v) is 9.76. The average molecular weight is 452 g/mol. The number of amides is 3. The molecule has 0 radical (unpaired) electrons. The molecule has 176 valence electrons. The zero-order chi connectivity index (χ0) is 24.4. The first kappa shape index (κ1) is 26.4. The fourth-order valence-corrected chi connectivity index (χ4v) is 2.67. The molecule has 0 aliphatic heterocycles. The number of carboxylic acids is 2. The number of rotatable bonds is 12. The molecule has 3 amide bonds. The molecule has 1 aromatic carbocycles. The van der Waals surface area contributed by atoms with Crippen molar-refractivity contribution < 1.29 is 39.3 Å². The van der Waals surface area contributed by atoms with E-state index in [0.29, 0.717) is 5.56 Å². The van der Waals surface area contributed by atoms with Crippen molar-refractivity contribution in [3.8, 4) is 5.75 Å². The smallest absolute Gasteiger partial charge is 0.326 e. The summed E-state index contributed by atoms with van der Waals surface area (Å²) in [6.45, 7) is 2.72. The molecule has 3 unspecified atom stereocenters. The normalized spacial score (nSPS) is 13.5. The summed E-state index contributed by atoms with van der Waals surface area (Å²) >= 11 is 0. The van der Waals surface area contributed by atoms with Gasteiger partial charge in [0.2, 0.25) is 17.7 Å². The molecule has 1 rings (SSSR count). The molecule has 0 spiro atoms. The van der Waals surface area contributed by atoms with Gasteiger partial charge in [0.25, 0.3) is 0 Å². The number of hydrogen-bond donors (Lipinski definition) is 7. The van der Waals surface area contributed by atoms with Crippen LogP contribution in [0.15, 0.2) is 24.3 Å². The van der Waals surface area contributed by atoms with Gasteiger partial charge in [0.15, 0.2) is 0 Å². The van der Waals surface area contributed by atoms with Gasteiger partial charge in [-0.3, -0.25) is 19.2 Å². The highest BCUT2D eigenvalue weighted by atomic mass is 16.4. The lowest BCUT2D eigenvalue weighted by molar-refractivity contribution is -0.141. The van der Waals surface area contributed by atoms with Crippen LogP contribution in [-0.4, -0.2) is 69.7 Å². The largest absolute Gasteiger partial charge is 0.508 e. The molecular weight excluding hydrogens is 424 g/mol. The lowest BCUT2D eigenvalue weighted by Gasteiger charge is -2.23. The van der Waals surface area contributed by atoms with Gasteiger partial charge >= 0.3 is 11.9 Å². The van der Waals surface area contributed by atoms with Crippen LogP contribution in [0.2, 0.25) is 0 Å². The van der Waals surface area contributed by atoms with Crippen LogP contribution < -0.4 is 21.7 Å². The van der Waals surface area contributed by atoms with E-state index in [4.69, 9.17) is 10.8 Å². The maximum atomic E-state index is 12.4. The first-order valence-electron chi connectivity index (χ1n) is 9.76. The number of nitrogens with one attached hydrogen (secondary N) is 3. The summed E-state index contributed by atoms with van der Waals surface area (Å²) in [7, 11) is 0. The van der Waals surface area contributed by atoms with E-state index < -0.39 is 66.7 Å². The number of carbonyl (C=O) groups excluding carboxylic acids is 3. The summed E-state index contributed by atoms with van der Waals surface area (Å²) in [6, 6.07) is 2.12. The number of nitrogens with two attached hydrogens (primary N) is 1. The van der Waals surface area contributed by atoms with Gasteiger partial charge in [0.05, 0.1) is 19.0 Å². The van der Waals surface area contributed by atoms with Crippen molar-refractivity contribution in [2.45, 2.75) is 44.8 Å². The van der Waals surface area contributed by atoms with Crippen molar-refractivity contribution >= 4 is 29.7 Å². The first-order chi connectivity index (χ1) is 14.9. The van der Waals surface area contributed by atoms with Gasteiger partial charge in [0.1, 0.15) is 17.8 Å². The third-order valence-corrected chi connectivity index (χ3v) is 4.41. The lowest BCUT2D eigenvalue weighted by atomic mass is 10.0. The number of hydrogen-bond acceptors (Lipinski definition) is 7. The summed E-state index contributed by atoms with van der Waals surface area (Å²) in [6.07, 6.45) is -0.653. The van der Waals surface area contributed by atoms with Crippen molar-refractivity contribution in [1.29, 1.82) is 0 Å². The van der Waals surface area contributed by atoms with Gasteiger partial charge in [-0.1, -0.05) is 26.0 Å². The van der Waals surface area contributed by atoms with E-state index in [-0.39, 0.29) is 12.2 Å². The molecule has 12 heteroatoms. The zero-order valence-electron chi connectivity index (χ0n) is 17.7. The van der Waals surface area contributed by atoms with E-state index in [1.54, 1.807) is 13.8 Å². The molecule has 32 heavy (non-hydrogen) atoms. The minimum atomic E-state index is -1.35. The Bertz CT molecular complexity index is 841. The second-order valence-electron chi connectivity index (χ2n) is 7.48. The Morgan fingerprint density at radius 3 is 2.06 bits per heavy atom. The maximum absolute atomic E-state index is 12.4. The molecule has 0 saturated heterocycles. The van der Waals surface area contributed by atoms with E-state index in [0.717, 1.165) is 0 Å². The van der Waals surface area contributed by atoms with Gasteiger partial charge in [-0.2, -0.15) is 0 Å². The van der Waals surface area contributed by atoms with Crippen LogP contribution in [0.5, 0.6) is 5.75 Å². The predicted molar refractivity (Wildman–Crippen MR) is 111 cm³/mol. The summed E-state index contributed by atoms with van der Waals surface area (Å²) in [5, 5.41) is 34.3. The van der Waals surface area contributed by atoms with Crippen LogP contribution in [0.4, 0.5) is 0 Å². The van der Waals surface area contributed by atoms with Gasteiger partial charge in [-0.15, -0.1) is 0 Å². The van der Waals surface area contributed by atoms with Crippen LogP contribution in [0.25, 0.3) is 0 Å². The van der Waals surface area contributed by atoms with Crippen LogP contribution in [0, 0.1) is 5.92 Å². The van der Waals surface area contributed by atoms with Crippen LogP contribution >= 0.6 is 0 Å². The molecule has 0 aliphatic rings. The van der Waals surface area contributed by atoms with Crippen molar-refractivity contribution in [2.75, 3.05) is 6.54 Å². The number of carboxylic acid groups (broad SMARTS) is 2. The molecule has 0 bridgehead atoms. The Balaban J connectivity index is 2.65. The highest BCUT2D eigenvalue weighted by molar-refractivity contribution is 5.93. The third kappa shape index (κ3) is 9.00. The van der Waals surface area contributed by atoms with E-state index in [1.165, 1.54) is 24.3 Å². The second-order valence-corrected chi connectivity index (χ2v) is 7.48. The van der Waals surface area contributed by atoms with Crippen LogP contribution in [0.1, 0.15) is 25.8 Å². The Hall–Kier alpha value is -3.67. The molecule has 0 saturated carbocycles. The monoisotopic (exact) mass is 452 g/mol. The van der Waals surface area contributed by atoms with Crippen molar-refractivity contribution in [3.05, 3.63) is 29.8 Å². The van der Waals surface area contributed by atoms with Gasteiger partial charge in [0, 0.05) is 6.42 Å². The quantitative estimate of drug-likeness (QED) is 0.198. The van der Waals surface area contributed by atoms with Crippen molar-refractivity contribution in [3.63, 3.8) is 0 Å². The second kappa shape index (κ2) is 12.2. The van der Waals surface area contributed by atoms with Gasteiger partial charge in [-0.25, -0.2) is 4.79 Å². The zero-order valence-corrected chi connectivity index (χ0v) is 17.7. The SMILES string of the molecule is CC(C)C(NC(=O)C(N)CC(=O)O)C(=O)NCC(=O)NC(Cc1ccc(O)cc1)C(=O)O. The number of carbonyl (C=O) groups is 5. The van der Waals surface area contributed by atoms with E-state index in [9.17, 15) is 34.2 Å². The summed E-state index contributed by atoms with van der Waals surface area (Å²) in [5.74, 6) is -5.24. The molecule has 3 atom stereocenters. The minimum Gasteiger partial charge on any atom is -0.508 e. The summed E-state index contributed by atoms with van der Waals surface area (Å²) in [5.41, 5.74) is 6.05. The molecule has 1 aromatic rings. The van der Waals surface area contributed by atoms with Crippen molar-refractivity contribution in [2.24, 2.45) is 11.7 Å². The summed E-state index contributed by atoms with van der Waals surface area (Å²) < 4.78 is 0. The van der Waals surface area contributed by atoms with Crippen LogP contribution in [0.3, 0.4) is 0 Å². The van der Waals surface area contributed by atoms with Crippen LogP contribution in [-0.2, 0) is 30.4 Å². The minimum absolute atomic E-state index is 0.0167. The molecule has 0 heterocycles. The highest BCUT2D eigenvalue weighted by Gasteiger charge is 2.28. The topological polar surface area (TPSA) is 208 Å². The molecule has 0 aromatic heterocycles. The molecule has 8 N–H and O–H groups in total. The molecule has 0 fully saturated rings. The fraction of sp³-hybridized carbons (Fsp3) is 0.450. The fourth-order valence-electron chi connectivity index (χ4n) is 2.67. The Labute approximate surface area is 184 Å². The number of aliphatic carboxylic acids is 2. The van der Waals surface area contributed by atoms with Crippen molar-refractivity contribution in [1.82, 2.24) is 16.0 Å². The number of benzene rings is 1. The standard InChI is InChI=1S/C20H28N4O8/c1-10(2)17(24-18(29)13(21)8-16(27)28)19(30)22-9-15(26)23-14(20(31)32)7-11-3-5-12(25)6-4-11/h3-6,10,13-14,17,25H,7-9,21H2,1-2H3,(H,22,30)(H,23,26)(H,24,29)(H,27,28)(H,31,32). The number of aromatic hydroxyl groups is 1. The highest BCUT2D eigenvalue weighted by Crippen LogP contribution is 2.11. The van der Waals surface area contributed by atoms with E-state index in [1.807, 2.05) is 0 Å². The average Bonchev–Trinajstić information content (AvgIpc) is 2.70. The maximum Gasteiger partial charge on any atom is 0.326 e. The van der Waals surface area contributed by atoms with E-state index >= 15 is 0 Å². The third-order valence-electron chi connectivity index (χ3n) is 4.41. The van der Waals surface area contributed by atoms with Gasteiger partial charge in [-0.05, 0) is 23.6 Å². The van der Waals surface area contributed by atoms with E-state index in [2.05, 4.69) is 16.0 Å². The summed E-state index contributed by atoms with van der Waals surface area (Å²) in [4.78, 5) is 58.7. The Kier molecular flexibility index (Phi) is 10.1. The number of phenols is 1. The molecular formula is C20H28N4O8. The van der Waals surface area contributed by atoms with Gasteiger partial charge < -0.3 is 37.0 Å². The number of phenolic OH excluding ortho intramolecular Hbond substituents is 1. The Morgan fingerprint density at radius 1 is 0.969 bits per heavy atom. The molecule has 0 aliphatic carbocycles. The predicted octanol–water partition coefficient (Wildman–Crippen LogP) is -1.44.